The lowest BCUT2D eigenvalue weighted by Crippen LogP contribution is -2.21. The molecule has 0 aliphatic carbocycles. The number of anilines is 1. The van der Waals surface area contributed by atoms with Gasteiger partial charge in [0.2, 0.25) is 0 Å². The lowest BCUT2D eigenvalue weighted by Gasteiger charge is -2.15. The number of likely N-dealkylation sites (tertiary alicyclic amines) is 1. The minimum atomic E-state index is -0.220. The fourth-order valence-corrected chi connectivity index (χ4v) is 4.38. The number of rotatable bonds is 5. The molecule has 0 bridgehead atoms. The number of hydrogen-bond acceptors (Lipinski definition) is 7. The maximum absolute atomic E-state index is 9.73. The Hall–Kier alpha value is -3.04. The van der Waals surface area contributed by atoms with E-state index in [2.05, 4.69) is 49.7 Å². The van der Waals surface area contributed by atoms with Crippen molar-refractivity contribution in [1.82, 2.24) is 30.1 Å². The van der Waals surface area contributed by atoms with Gasteiger partial charge < -0.3 is 10.8 Å². The van der Waals surface area contributed by atoms with E-state index in [4.69, 9.17) is 28.9 Å². The van der Waals surface area contributed by atoms with Crippen LogP contribution in [0.5, 0.6) is 0 Å². The lowest BCUT2D eigenvalue weighted by molar-refractivity contribution is 0.175. The first kappa shape index (κ1) is 21.8. The number of aromatic nitrogens is 5. The third-order valence-electron chi connectivity index (χ3n) is 5.73. The summed E-state index contributed by atoms with van der Waals surface area (Å²) < 4.78 is 1.50. The fraction of sp³-hybridized carbons (Fsp3) is 0.217. The number of aliphatic hydroxyl groups excluding tert-OH is 1. The van der Waals surface area contributed by atoms with Crippen molar-refractivity contribution >= 4 is 29.0 Å². The van der Waals surface area contributed by atoms with Gasteiger partial charge in [-0.25, -0.2) is 4.98 Å². The van der Waals surface area contributed by atoms with E-state index in [1.54, 1.807) is 24.4 Å². The second-order valence-corrected chi connectivity index (χ2v) is 8.80. The highest BCUT2D eigenvalue weighted by molar-refractivity contribution is 6.43. The standard InChI is InChI=1S/C23H21Cl2N7O/c24-19-2-1-3-20(21(19)25)32-23(28-29-30-32)18-10-16(11-27-22(18)26)15-6-4-14(5-7-15)12-31-9-8-17(33)13-31/h1-7,10-11,17,33H,8-9,12-13H2,(H2,26,27)/t17-/m1/s1. The van der Waals surface area contributed by atoms with Crippen molar-refractivity contribution in [2.45, 2.75) is 19.1 Å². The number of aliphatic hydroxyl groups is 1. The number of nitrogens with two attached hydrogens (primary N) is 1. The molecule has 0 amide bonds. The molecule has 4 aromatic rings. The van der Waals surface area contributed by atoms with Crippen molar-refractivity contribution in [2.24, 2.45) is 0 Å². The zero-order valence-corrected chi connectivity index (χ0v) is 19.1. The van der Waals surface area contributed by atoms with Crippen molar-refractivity contribution in [3.63, 3.8) is 0 Å². The molecule has 0 spiro atoms. The predicted molar refractivity (Wildman–Crippen MR) is 128 cm³/mol. The molecule has 1 aliphatic heterocycles. The first-order valence-electron chi connectivity index (χ1n) is 10.5. The number of β-amino-alcohol motifs (C(OH)–C–C–N with tert-alkyl or cyclic N) is 1. The van der Waals surface area contributed by atoms with Crippen LogP contribution in [0.4, 0.5) is 5.82 Å². The summed E-state index contributed by atoms with van der Waals surface area (Å²) in [4.78, 5) is 6.63. The molecule has 5 rings (SSSR count). The average molecular weight is 482 g/mol. The highest BCUT2D eigenvalue weighted by Gasteiger charge is 2.20. The molecule has 2 aromatic carbocycles. The van der Waals surface area contributed by atoms with Gasteiger partial charge >= 0.3 is 0 Å². The summed E-state index contributed by atoms with van der Waals surface area (Å²) in [5.41, 5.74) is 10.4. The van der Waals surface area contributed by atoms with Crippen LogP contribution in [0, 0.1) is 0 Å². The van der Waals surface area contributed by atoms with Crippen LogP contribution in [0.15, 0.2) is 54.7 Å². The minimum absolute atomic E-state index is 0.220. The van der Waals surface area contributed by atoms with Crippen LogP contribution >= 0.6 is 23.2 Å². The topological polar surface area (TPSA) is 106 Å². The van der Waals surface area contributed by atoms with Crippen LogP contribution < -0.4 is 5.73 Å². The molecule has 3 N–H and O–H groups in total. The molecule has 1 fully saturated rings. The maximum atomic E-state index is 9.73. The first-order chi connectivity index (χ1) is 16.0. The molecule has 8 nitrogen and oxygen atoms in total. The molecule has 1 aliphatic rings. The normalized spacial score (nSPS) is 16.4. The highest BCUT2D eigenvalue weighted by atomic mass is 35.5. The summed E-state index contributed by atoms with van der Waals surface area (Å²) in [6, 6.07) is 15.4. The molecule has 0 saturated carbocycles. The van der Waals surface area contributed by atoms with Gasteiger partial charge in [0.05, 0.1) is 27.4 Å². The summed E-state index contributed by atoms with van der Waals surface area (Å²) in [6.45, 7) is 2.45. The van der Waals surface area contributed by atoms with Crippen LogP contribution in [-0.4, -0.2) is 54.4 Å². The van der Waals surface area contributed by atoms with E-state index in [-0.39, 0.29) is 6.10 Å². The number of halogens is 2. The zero-order valence-electron chi connectivity index (χ0n) is 17.6. The predicted octanol–water partition coefficient (Wildman–Crippen LogP) is 3.85. The number of nitrogens with zero attached hydrogens (tertiary/aromatic N) is 6. The molecular formula is C23H21Cl2N7O. The van der Waals surface area contributed by atoms with Crippen LogP contribution in [0.1, 0.15) is 12.0 Å². The molecule has 0 radical (unpaired) electrons. The minimum Gasteiger partial charge on any atom is -0.392 e. The Balaban J connectivity index is 1.45. The second kappa shape index (κ2) is 9.07. The lowest BCUT2D eigenvalue weighted by atomic mass is 10.0. The van der Waals surface area contributed by atoms with E-state index in [1.807, 2.05) is 6.07 Å². The Bertz CT molecular complexity index is 1290. The molecule has 10 heteroatoms. The van der Waals surface area contributed by atoms with E-state index in [1.165, 1.54) is 10.2 Å². The van der Waals surface area contributed by atoms with E-state index >= 15 is 0 Å². The summed E-state index contributed by atoms with van der Waals surface area (Å²) in [6.07, 6.45) is 2.34. The van der Waals surface area contributed by atoms with Crippen LogP contribution in [0.3, 0.4) is 0 Å². The molecule has 2 aromatic heterocycles. The summed E-state index contributed by atoms with van der Waals surface area (Å²) in [5.74, 6) is 0.715. The molecule has 1 atom stereocenters. The smallest absolute Gasteiger partial charge is 0.190 e. The highest BCUT2D eigenvalue weighted by Crippen LogP contribution is 2.33. The fourth-order valence-electron chi connectivity index (χ4n) is 4.00. The summed E-state index contributed by atoms with van der Waals surface area (Å²) >= 11 is 12.6. The molecule has 168 valence electrons. The Morgan fingerprint density at radius 3 is 2.67 bits per heavy atom. The number of tetrazole rings is 1. The van der Waals surface area contributed by atoms with Gasteiger partial charge in [0.15, 0.2) is 5.82 Å². The quantitative estimate of drug-likeness (QED) is 0.445. The second-order valence-electron chi connectivity index (χ2n) is 8.02. The van der Waals surface area contributed by atoms with Crippen molar-refractivity contribution in [2.75, 3.05) is 18.8 Å². The number of nitrogen functional groups attached to an aromatic ring is 1. The van der Waals surface area contributed by atoms with Gasteiger partial charge in [0.25, 0.3) is 0 Å². The van der Waals surface area contributed by atoms with Crippen LogP contribution in [-0.2, 0) is 6.54 Å². The first-order valence-corrected chi connectivity index (χ1v) is 11.2. The Morgan fingerprint density at radius 2 is 1.91 bits per heavy atom. The molecule has 1 saturated heterocycles. The van der Waals surface area contributed by atoms with Crippen molar-refractivity contribution in [3.8, 4) is 28.2 Å². The van der Waals surface area contributed by atoms with Crippen molar-refractivity contribution in [3.05, 3.63) is 70.3 Å². The van der Waals surface area contributed by atoms with Gasteiger partial charge in [-0.2, -0.15) is 4.68 Å². The maximum Gasteiger partial charge on any atom is 0.190 e. The molecule has 0 unspecified atom stereocenters. The van der Waals surface area contributed by atoms with Gasteiger partial charge in [-0.1, -0.05) is 53.5 Å². The average Bonchev–Trinajstić information content (AvgIpc) is 3.46. The van der Waals surface area contributed by atoms with E-state index in [9.17, 15) is 5.11 Å². The van der Waals surface area contributed by atoms with Crippen LogP contribution in [0.25, 0.3) is 28.2 Å². The Labute approximate surface area is 200 Å². The van der Waals surface area contributed by atoms with Crippen molar-refractivity contribution < 1.29 is 5.11 Å². The van der Waals surface area contributed by atoms with Gasteiger partial charge in [-0.15, -0.1) is 5.10 Å². The van der Waals surface area contributed by atoms with E-state index < -0.39 is 0 Å². The number of pyridine rings is 1. The van der Waals surface area contributed by atoms with Gasteiger partial charge in [0, 0.05) is 31.4 Å². The van der Waals surface area contributed by atoms with Gasteiger partial charge in [-0.3, -0.25) is 4.90 Å². The molecule has 3 heterocycles. The number of benzene rings is 2. The zero-order chi connectivity index (χ0) is 22.9. The summed E-state index contributed by atoms with van der Waals surface area (Å²) in [5, 5.41) is 22.5. The third-order valence-corrected chi connectivity index (χ3v) is 6.54. The van der Waals surface area contributed by atoms with Crippen LogP contribution in [0.2, 0.25) is 10.0 Å². The molecular weight excluding hydrogens is 461 g/mol. The Morgan fingerprint density at radius 1 is 1.09 bits per heavy atom. The molecule has 33 heavy (non-hydrogen) atoms. The van der Waals surface area contributed by atoms with Crippen molar-refractivity contribution in [1.29, 1.82) is 0 Å². The summed E-state index contributed by atoms with van der Waals surface area (Å²) in [7, 11) is 0. The van der Waals surface area contributed by atoms with Gasteiger partial charge in [-0.05, 0) is 46.2 Å². The van der Waals surface area contributed by atoms with E-state index in [0.717, 1.165) is 37.2 Å². The van der Waals surface area contributed by atoms with Gasteiger partial charge in [0.1, 0.15) is 5.82 Å². The monoisotopic (exact) mass is 481 g/mol. The van der Waals surface area contributed by atoms with E-state index in [0.29, 0.717) is 32.9 Å². The number of hydrogen-bond donors (Lipinski definition) is 2. The Kier molecular flexibility index (Phi) is 5.99. The largest absolute Gasteiger partial charge is 0.392 e. The SMILES string of the molecule is Nc1ncc(-c2ccc(CN3CC[C@@H](O)C3)cc2)cc1-c1nnnn1-c1cccc(Cl)c1Cl. The third kappa shape index (κ3) is 4.43.